The van der Waals surface area contributed by atoms with Crippen LogP contribution in [0.2, 0.25) is 0 Å². The predicted molar refractivity (Wildman–Crippen MR) is 99.6 cm³/mol. The first-order valence-corrected chi connectivity index (χ1v) is 8.59. The van der Waals surface area contributed by atoms with Crippen molar-refractivity contribution in [1.82, 2.24) is 4.40 Å². The number of hydrogen-bond donors (Lipinski definition) is 0. The van der Waals surface area contributed by atoms with E-state index in [1.54, 1.807) is 6.07 Å². The van der Waals surface area contributed by atoms with Crippen molar-refractivity contribution in [3.8, 4) is 0 Å². The molecule has 0 spiro atoms. The molecule has 5 aromatic rings. The van der Waals surface area contributed by atoms with Crippen LogP contribution in [0.3, 0.4) is 0 Å². The van der Waals surface area contributed by atoms with E-state index in [0.717, 1.165) is 22.1 Å². The molecule has 0 atom stereocenters. The third kappa shape index (κ3) is 2.05. The first kappa shape index (κ1) is 14.4. The Hall–Kier alpha value is -2.94. The molecule has 2 aromatic carbocycles. The first-order valence-electron chi connectivity index (χ1n) is 8.59. The zero-order chi connectivity index (χ0) is 17.1. The van der Waals surface area contributed by atoms with Gasteiger partial charge < -0.3 is 0 Å². The van der Waals surface area contributed by atoms with Crippen molar-refractivity contribution in [3.63, 3.8) is 0 Å². The standard InChI is InChI=1S/C22H18FN2/c1-14(2)15-4-8-21-16(11-15)3-7-19-13-24-20-9-6-18(23)12-17(20)5-10-22(24)25(19)21/h3-14H,1-2H3/q+1. The van der Waals surface area contributed by atoms with Gasteiger partial charge in [-0.05, 0) is 60.0 Å². The van der Waals surface area contributed by atoms with Crippen LogP contribution < -0.4 is 4.40 Å². The van der Waals surface area contributed by atoms with Crippen molar-refractivity contribution in [2.45, 2.75) is 19.8 Å². The number of halogens is 1. The molecule has 2 nitrogen and oxygen atoms in total. The van der Waals surface area contributed by atoms with E-state index in [2.05, 4.69) is 65.2 Å². The largest absolute Gasteiger partial charge is 0.292 e. The van der Waals surface area contributed by atoms with E-state index in [0.29, 0.717) is 5.92 Å². The molecule has 0 amide bonds. The van der Waals surface area contributed by atoms with Gasteiger partial charge in [0.05, 0.1) is 0 Å². The highest BCUT2D eigenvalue weighted by atomic mass is 19.1. The molecule has 5 rings (SSSR count). The summed E-state index contributed by atoms with van der Waals surface area (Å²) in [5.74, 6) is 0.303. The molecule has 0 aliphatic rings. The van der Waals surface area contributed by atoms with Gasteiger partial charge in [-0.15, -0.1) is 0 Å². The van der Waals surface area contributed by atoms with E-state index in [-0.39, 0.29) is 5.82 Å². The average molecular weight is 329 g/mol. The fourth-order valence-corrected chi connectivity index (χ4v) is 3.71. The van der Waals surface area contributed by atoms with Gasteiger partial charge in [-0.3, -0.25) is 0 Å². The number of aromatic nitrogens is 2. The van der Waals surface area contributed by atoms with Crippen molar-refractivity contribution < 1.29 is 8.79 Å². The second kappa shape index (κ2) is 5.03. The van der Waals surface area contributed by atoms with Crippen LogP contribution in [0.15, 0.2) is 66.9 Å². The maximum atomic E-state index is 13.5. The molecule has 0 unspecified atom stereocenters. The van der Waals surface area contributed by atoms with E-state index in [1.165, 1.54) is 22.5 Å². The Morgan fingerprint density at radius 1 is 0.880 bits per heavy atom. The summed E-state index contributed by atoms with van der Waals surface area (Å²) in [6.07, 6.45) is 2.12. The van der Waals surface area contributed by atoms with Crippen LogP contribution >= 0.6 is 0 Å². The van der Waals surface area contributed by atoms with Crippen LogP contribution in [-0.2, 0) is 0 Å². The number of imidazole rings is 1. The van der Waals surface area contributed by atoms with Gasteiger partial charge in [0, 0.05) is 16.8 Å². The highest BCUT2D eigenvalue weighted by Gasteiger charge is 2.17. The van der Waals surface area contributed by atoms with Crippen molar-refractivity contribution in [2.75, 3.05) is 0 Å². The Morgan fingerprint density at radius 2 is 1.72 bits per heavy atom. The van der Waals surface area contributed by atoms with Gasteiger partial charge >= 0.3 is 0 Å². The van der Waals surface area contributed by atoms with E-state index in [1.807, 2.05) is 12.1 Å². The summed E-state index contributed by atoms with van der Waals surface area (Å²) in [5, 5.41) is 2.14. The van der Waals surface area contributed by atoms with Crippen LogP contribution in [0.25, 0.3) is 33.0 Å². The number of fused-ring (bicyclic) bond motifs is 7. The van der Waals surface area contributed by atoms with Crippen molar-refractivity contribution >= 4 is 33.0 Å². The molecule has 3 heterocycles. The molecule has 25 heavy (non-hydrogen) atoms. The Morgan fingerprint density at radius 3 is 2.56 bits per heavy atom. The Bertz CT molecular complexity index is 1280. The number of benzene rings is 2. The number of nitrogens with zero attached hydrogens (tertiary/aromatic N) is 2. The highest BCUT2D eigenvalue weighted by molar-refractivity contribution is 5.86. The molecule has 122 valence electrons. The number of rotatable bonds is 1. The molecule has 0 N–H and O–H groups in total. The molecule has 0 aliphatic heterocycles. The minimum Gasteiger partial charge on any atom is -0.207 e. The summed E-state index contributed by atoms with van der Waals surface area (Å²) in [7, 11) is 0. The summed E-state index contributed by atoms with van der Waals surface area (Å²) in [4.78, 5) is 0. The second-order valence-corrected chi connectivity index (χ2v) is 6.96. The van der Waals surface area contributed by atoms with Crippen LogP contribution in [-0.4, -0.2) is 4.40 Å². The third-order valence-corrected chi connectivity index (χ3v) is 5.05. The predicted octanol–water partition coefficient (Wildman–Crippen LogP) is 5.25. The molecule has 0 aliphatic carbocycles. The van der Waals surface area contributed by atoms with E-state index in [4.69, 9.17) is 0 Å². The minimum absolute atomic E-state index is 0.206. The first-order chi connectivity index (χ1) is 12.1. The molecule has 0 fully saturated rings. The van der Waals surface area contributed by atoms with Gasteiger partial charge in [0.2, 0.25) is 0 Å². The summed E-state index contributed by atoms with van der Waals surface area (Å²) < 4.78 is 17.9. The van der Waals surface area contributed by atoms with Gasteiger partial charge in [0.25, 0.3) is 5.65 Å². The topological polar surface area (TPSA) is 8.51 Å². The number of hydrogen-bond acceptors (Lipinski definition) is 0. The quantitative estimate of drug-likeness (QED) is 0.371. The lowest BCUT2D eigenvalue weighted by Gasteiger charge is -2.06. The van der Waals surface area contributed by atoms with Crippen LogP contribution in [0.1, 0.15) is 25.3 Å². The van der Waals surface area contributed by atoms with Gasteiger partial charge in [-0.25, -0.2) is 4.39 Å². The summed E-state index contributed by atoms with van der Waals surface area (Å²) in [5.41, 5.74) is 5.75. The van der Waals surface area contributed by atoms with Crippen molar-refractivity contribution in [3.05, 3.63) is 78.2 Å². The van der Waals surface area contributed by atoms with Gasteiger partial charge in [-0.1, -0.05) is 19.9 Å². The Kier molecular flexibility index (Phi) is 2.90. The highest BCUT2D eigenvalue weighted by Crippen LogP contribution is 2.25. The van der Waals surface area contributed by atoms with Gasteiger partial charge in [0.1, 0.15) is 23.0 Å². The van der Waals surface area contributed by atoms with Crippen molar-refractivity contribution in [2.24, 2.45) is 0 Å². The van der Waals surface area contributed by atoms with E-state index >= 15 is 0 Å². The minimum atomic E-state index is -0.206. The molecule has 3 aromatic heterocycles. The molecular weight excluding hydrogens is 311 g/mol. The molecule has 0 saturated heterocycles. The lowest BCUT2D eigenvalue weighted by molar-refractivity contribution is -0.479. The normalized spacial score (nSPS) is 12.2. The van der Waals surface area contributed by atoms with Gasteiger partial charge in [0.15, 0.2) is 5.52 Å². The van der Waals surface area contributed by atoms with Crippen LogP contribution in [0.5, 0.6) is 0 Å². The molecular formula is C22H18FN2+. The molecule has 0 saturated carbocycles. The fraction of sp³-hybridized carbons (Fsp3) is 0.136. The zero-order valence-electron chi connectivity index (χ0n) is 14.2. The maximum absolute atomic E-state index is 13.5. The molecule has 3 heteroatoms. The third-order valence-electron chi connectivity index (χ3n) is 5.05. The smallest absolute Gasteiger partial charge is 0.207 e. The molecule has 0 radical (unpaired) electrons. The zero-order valence-corrected chi connectivity index (χ0v) is 14.2. The fourth-order valence-electron chi connectivity index (χ4n) is 3.71. The van der Waals surface area contributed by atoms with Crippen LogP contribution in [0, 0.1) is 5.82 Å². The van der Waals surface area contributed by atoms with Gasteiger partial charge in [-0.2, -0.15) is 8.80 Å². The lowest BCUT2D eigenvalue weighted by atomic mass is 10.0. The SMILES string of the molecule is CC(C)c1ccc2c(ccc3c[n+]4c5ccc(F)cc5ccc4n32)c1. The average Bonchev–Trinajstić information content (AvgIpc) is 3.00. The van der Waals surface area contributed by atoms with E-state index in [9.17, 15) is 4.39 Å². The van der Waals surface area contributed by atoms with E-state index < -0.39 is 0 Å². The summed E-state index contributed by atoms with van der Waals surface area (Å²) >= 11 is 0. The summed E-state index contributed by atoms with van der Waals surface area (Å²) in [6.45, 7) is 4.43. The second-order valence-electron chi connectivity index (χ2n) is 6.96. The van der Waals surface area contributed by atoms with Crippen molar-refractivity contribution in [1.29, 1.82) is 0 Å². The van der Waals surface area contributed by atoms with Crippen LogP contribution in [0.4, 0.5) is 4.39 Å². The summed E-state index contributed by atoms with van der Waals surface area (Å²) in [6, 6.07) is 20.0. The number of pyridine rings is 2. The Balaban J connectivity index is 1.93. The maximum Gasteiger partial charge on any atom is 0.292 e. The lowest BCUT2D eigenvalue weighted by Crippen LogP contribution is -2.19. The molecule has 0 bridgehead atoms. The Labute approximate surface area is 144 Å². The monoisotopic (exact) mass is 329 g/mol.